The Hall–Kier alpha value is -2.82. The van der Waals surface area contributed by atoms with Gasteiger partial charge in [0, 0.05) is 30.1 Å². The van der Waals surface area contributed by atoms with E-state index in [1.807, 2.05) is 62.4 Å². The zero-order valence-corrected chi connectivity index (χ0v) is 27.9. The second kappa shape index (κ2) is 15.6. The normalized spacial score (nSPS) is 29.5. The van der Waals surface area contributed by atoms with Gasteiger partial charge in [-0.3, -0.25) is 14.4 Å². The fourth-order valence-electron chi connectivity index (χ4n) is 7.07. The molecule has 3 aliphatic rings. The smallest absolute Gasteiger partial charge is 0.251 e. The highest BCUT2D eigenvalue weighted by Crippen LogP contribution is 2.43. The number of carbonyl (C=O) groups excluding carboxylic acids is 2. The monoisotopic (exact) mass is 622 g/mol. The summed E-state index contributed by atoms with van der Waals surface area (Å²) in [5, 5.41) is 31.6. The van der Waals surface area contributed by atoms with Crippen LogP contribution in [0.1, 0.15) is 76.7 Å². The molecular formula is C36H54N4O5. The van der Waals surface area contributed by atoms with Crippen molar-refractivity contribution in [3.05, 3.63) is 59.7 Å². The molecule has 6 unspecified atom stereocenters. The molecule has 2 amide bonds. The Bertz CT molecular complexity index is 1280. The molecule has 2 aliphatic heterocycles. The zero-order chi connectivity index (χ0) is 32.7. The topological polar surface area (TPSA) is 123 Å². The minimum absolute atomic E-state index is 0.0441. The lowest BCUT2D eigenvalue weighted by molar-refractivity contribution is -0.182. The number of nitrogens with zero attached hydrogens (tertiary/aromatic N) is 1. The van der Waals surface area contributed by atoms with Crippen molar-refractivity contribution >= 4 is 11.8 Å². The summed E-state index contributed by atoms with van der Waals surface area (Å²) < 4.78 is 0. The van der Waals surface area contributed by atoms with Crippen LogP contribution in [0.4, 0.5) is 0 Å². The van der Waals surface area contributed by atoms with Crippen molar-refractivity contribution < 1.29 is 24.6 Å². The van der Waals surface area contributed by atoms with Gasteiger partial charge in [-0.2, -0.15) is 5.06 Å². The molecule has 0 spiro atoms. The number of carbonyl (C=O) groups is 2. The average molecular weight is 623 g/mol. The highest BCUT2D eigenvalue weighted by atomic mass is 16.7. The summed E-state index contributed by atoms with van der Waals surface area (Å²) in [6, 6.07) is 15.0. The summed E-state index contributed by atoms with van der Waals surface area (Å²) in [5.41, 5.74) is 3.61. The van der Waals surface area contributed by atoms with Gasteiger partial charge in [-0.15, -0.1) is 0 Å². The third-order valence-corrected chi connectivity index (χ3v) is 10.0. The van der Waals surface area contributed by atoms with Gasteiger partial charge in [0.2, 0.25) is 5.91 Å². The molecule has 45 heavy (non-hydrogen) atoms. The van der Waals surface area contributed by atoms with E-state index in [9.17, 15) is 19.8 Å². The molecule has 7 atom stereocenters. The molecule has 9 nitrogen and oxygen atoms in total. The predicted molar refractivity (Wildman–Crippen MR) is 177 cm³/mol. The second-order valence-corrected chi connectivity index (χ2v) is 13.6. The van der Waals surface area contributed by atoms with E-state index < -0.39 is 18.1 Å². The molecule has 5 rings (SSSR count). The van der Waals surface area contributed by atoms with E-state index in [1.165, 1.54) is 0 Å². The van der Waals surface area contributed by atoms with E-state index in [4.69, 9.17) is 4.84 Å². The van der Waals surface area contributed by atoms with Crippen LogP contribution in [0.2, 0.25) is 0 Å². The Balaban J connectivity index is 0.00000226. The van der Waals surface area contributed by atoms with Crippen molar-refractivity contribution in [3.8, 4) is 11.1 Å². The standard InChI is InChI=1S/C34H48N4O5.C2H6/c1-21-16-34(3,4)22(2)13-29(21)37-33(42)31-28(19-39)30(20-40)43-38(31)18-23-7-5-8-24(14-23)25-9-6-10-26(15-25)32(41)36-27-11-12-35-17-27;1-2/h5-10,14-15,21-22,27-31,35,39-40H,11-13,16-20H2,1-4H3,(H,36,41)(H,37,42);1-2H3/t21?,22?,27?,28?,29-,30?,31?;/m0./s1. The molecule has 248 valence electrons. The highest BCUT2D eigenvalue weighted by molar-refractivity contribution is 5.95. The van der Waals surface area contributed by atoms with Crippen molar-refractivity contribution in [2.75, 3.05) is 26.3 Å². The Labute approximate surface area is 269 Å². The molecule has 3 fully saturated rings. The summed E-state index contributed by atoms with van der Waals surface area (Å²) in [7, 11) is 0. The van der Waals surface area contributed by atoms with Gasteiger partial charge in [0.15, 0.2) is 0 Å². The molecule has 2 saturated heterocycles. The third-order valence-electron chi connectivity index (χ3n) is 10.0. The van der Waals surface area contributed by atoms with Crippen molar-refractivity contribution in [1.29, 1.82) is 0 Å². The van der Waals surface area contributed by atoms with Crippen LogP contribution >= 0.6 is 0 Å². The molecule has 0 bridgehead atoms. The highest BCUT2D eigenvalue weighted by Gasteiger charge is 2.48. The molecule has 2 heterocycles. The summed E-state index contributed by atoms with van der Waals surface area (Å²) in [6.45, 7) is 14.5. The van der Waals surface area contributed by atoms with Crippen molar-refractivity contribution in [2.24, 2.45) is 23.2 Å². The summed E-state index contributed by atoms with van der Waals surface area (Å²) in [6.07, 6.45) is 2.18. The lowest BCUT2D eigenvalue weighted by Gasteiger charge is -2.45. The molecule has 5 N–H and O–H groups in total. The molecule has 0 aromatic heterocycles. The molecule has 9 heteroatoms. The van der Waals surface area contributed by atoms with Crippen LogP contribution in [-0.4, -0.2) is 77.6 Å². The zero-order valence-electron chi connectivity index (χ0n) is 27.9. The Morgan fingerprint density at radius 3 is 2.40 bits per heavy atom. The van der Waals surface area contributed by atoms with Gasteiger partial charge in [-0.1, -0.05) is 71.9 Å². The minimum atomic E-state index is -0.736. The second-order valence-electron chi connectivity index (χ2n) is 13.6. The average Bonchev–Trinajstić information content (AvgIpc) is 3.68. The molecule has 2 aromatic carbocycles. The lowest BCUT2D eigenvalue weighted by Crippen LogP contribution is -2.54. The number of hydrogen-bond acceptors (Lipinski definition) is 7. The number of hydrogen-bond donors (Lipinski definition) is 5. The SMILES string of the molecule is CC.CC1CC(C)(C)C(C)C[C@@H]1NC(=O)C1C(CO)C(CO)ON1Cc1cccc(-c2cccc(C(=O)NC3CCNC3)c2)c1. The Morgan fingerprint density at radius 2 is 1.73 bits per heavy atom. The molecule has 1 saturated carbocycles. The van der Waals surface area contributed by atoms with Gasteiger partial charge in [0.05, 0.1) is 19.8 Å². The number of benzene rings is 2. The van der Waals surface area contributed by atoms with E-state index in [0.717, 1.165) is 49.0 Å². The quantitative estimate of drug-likeness (QED) is 0.285. The Kier molecular flexibility index (Phi) is 12.2. The first-order valence-corrected chi connectivity index (χ1v) is 16.8. The fourth-order valence-corrected chi connectivity index (χ4v) is 7.07. The largest absolute Gasteiger partial charge is 0.396 e. The van der Waals surface area contributed by atoms with Crippen LogP contribution in [0.25, 0.3) is 11.1 Å². The van der Waals surface area contributed by atoms with Crippen molar-refractivity contribution in [2.45, 2.75) is 91.6 Å². The summed E-state index contributed by atoms with van der Waals surface area (Å²) >= 11 is 0. The summed E-state index contributed by atoms with van der Waals surface area (Å²) in [4.78, 5) is 32.8. The number of amides is 2. The number of aliphatic hydroxyl groups excluding tert-OH is 2. The molecule has 0 radical (unpaired) electrons. The number of rotatable bonds is 9. The van der Waals surface area contributed by atoms with E-state index in [0.29, 0.717) is 23.9 Å². The first-order chi connectivity index (χ1) is 21.6. The molecular weight excluding hydrogens is 568 g/mol. The van der Waals surface area contributed by atoms with Crippen LogP contribution in [0.3, 0.4) is 0 Å². The molecule has 1 aliphatic carbocycles. The van der Waals surface area contributed by atoms with Crippen molar-refractivity contribution in [1.82, 2.24) is 21.0 Å². The number of aliphatic hydroxyl groups is 2. The van der Waals surface area contributed by atoms with E-state index >= 15 is 0 Å². The minimum Gasteiger partial charge on any atom is -0.396 e. The van der Waals surface area contributed by atoms with Crippen LogP contribution < -0.4 is 16.0 Å². The lowest BCUT2D eigenvalue weighted by atomic mass is 9.64. The maximum atomic E-state index is 13.8. The third kappa shape index (κ3) is 8.32. The van der Waals surface area contributed by atoms with Gasteiger partial charge in [0.1, 0.15) is 12.1 Å². The van der Waals surface area contributed by atoms with E-state index in [-0.39, 0.29) is 42.5 Å². The van der Waals surface area contributed by atoms with Gasteiger partial charge >= 0.3 is 0 Å². The summed E-state index contributed by atoms with van der Waals surface area (Å²) in [5.74, 6) is -0.00839. The number of hydroxylamine groups is 2. The van der Waals surface area contributed by atoms with Gasteiger partial charge in [-0.05, 0) is 77.9 Å². The van der Waals surface area contributed by atoms with Gasteiger partial charge < -0.3 is 26.2 Å². The number of nitrogens with one attached hydrogen (secondary N) is 3. The van der Waals surface area contributed by atoms with E-state index in [1.54, 1.807) is 5.06 Å². The maximum Gasteiger partial charge on any atom is 0.251 e. The fraction of sp³-hybridized carbons (Fsp3) is 0.611. The van der Waals surface area contributed by atoms with Gasteiger partial charge in [-0.25, -0.2) is 0 Å². The maximum absolute atomic E-state index is 13.8. The van der Waals surface area contributed by atoms with Gasteiger partial charge in [0.25, 0.3) is 5.91 Å². The first-order valence-electron chi connectivity index (χ1n) is 16.8. The first kappa shape index (κ1) is 35.0. The van der Waals surface area contributed by atoms with Crippen LogP contribution in [-0.2, 0) is 16.2 Å². The predicted octanol–water partition coefficient (Wildman–Crippen LogP) is 4.13. The Morgan fingerprint density at radius 1 is 1.02 bits per heavy atom. The van der Waals surface area contributed by atoms with Crippen LogP contribution in [0, 0.1) is 23.2 Å². The van der Waals surface area contributed by atoms with Crippen LogP contribution in [0.5, 0.6) is 0 Å². The molecule has 2 aromatic rings. The van der Waals surface area contributed by atoms with Crippen LogP contribution in [0.15, 0.2) is 48.5 Å². The van der Waals surface area contributed by atoms with Crippen molar-refractivity contribution in [3.63, 3.8) is 0 Å². The van der Waals surface area contributed by atoms with E-state index in [2.05, 4.69) is 43.6 Å².